The van der Waals surface area contributed by atoms with Gasteiger partial charge < -0.3 is 29.4 Å². The van der Waals surface area contributed by atoms with E-state index in [4.69, 9.17) is 18.8 Å². The van der Waals surface area contributed by atoms with Crippen LogP contribution < -0.4 is 10.6 Å². The van der Waals surface area contributed by atoms with E-state index in [1.54, 1.807) is 12.5 Å². The molecule has 208 valence electrons. The molecule has 42 heavy (non-hydrogen) atoms. The molecule has 0 unspecified atom stereocenters. The molecule has 1 fully saturated rings. The molecule has 0 spiro atoms. The number of H-pyrrole nitrogens is 2. The summed E-state index contributed by atoms with van der Waals surface area (Å²) in [7, 11) is 0. The lowest BCUT2D eigenvalue weighted by Gasteiger charge is -2.48. The van der Waals surface area contributed by atoms with Crippen molar-refractivity contribution in [2.45, 2.75) is 23.7 Å². The molecule has 9 rings (SSSR count). The molecule has 0 radical (unpaired) electrons. The molecule has 0 amide bonds. The fraction of sp³-hybridized carbons (Fsp3) is 0.250. The maximum atomic E-state index is 6.07. The number of fused-ring (bicyclic) bond motifs is 2. The number of aliphatic imine (C=N–C) groups is 2. The van der Waals surface area contributed by atoms with Crippen LogP contribution >= 0.6 is 0 Å². The van der Waals surface area contributed by atoms with E-state index in [1.807, 2.05) is 12.1 Å². The van der Waals surface area contributed by atoms with Gasteiger partial charge in [0.2, 0.25) is 0 Å². The molecule has 2 aromatic carbocycles. The molecule has 0 saturated heterocycles. The summed E-state index contributed by atoms with van der Waals surface area (Å²) in [5, 5.41) is 6.73. The Morgan fingerprint density at radius 1 is 0.595 bits per heavy atom. The Bertz CT molecular complexity index is 1830. The molecule has 2 aliphatic heterocycles. The van der Waals surface area contributed by atoms with Gasteiger partial charge in [-0.05, 0) is 60.7 Å². The molecule has 6 heterocycles. The smallest absolute Gasteiger partial charge is 0.128 e. The maximum absolute atomic E-state index is 6.07. The van der Waals surface area contributed by atoms with Gasteiger partial charge in [-0.2, -0.15) is 0 Å². The number of amidine groups is 2. The van der Waals surface area contributed by atoms with Crippen molar-refractivity contribution in [3.8, 4) is 0 Å². The van der Waals surface area contributed by atoms with E-state index in [0.717, 1.165) is 94.2 Å². The molecule has 10 nitrogen and oxygen atoms in total. The standard InChI is InChI=1S/C32H28N8O2/c1-3-23(41-13-1)25-27(31-37-19-7-5-17(15-21(19)39-31)29-33-9-10-34-29)26(24-4-2-14-42-24)28(25)32-38-20-8-6-18(16-22(20)40-32)30-35-11-12-36-30/h1-8,13-16,25-28H,9-12H2,(H,33,34)(H,35,36)(H,37,39)(H,38,40). The molecule has 0 bridgehead atoms. The second-order valence-corrected chi connectivity index (χ2v) is 11.2. The van der Waals surface area contributed by atoms with Crippen LogP contribution in [0.25, 0.3) is 22.1 Å². The normalized spacial score (nSPS) is 23.5. The lowest BCUT2D eigenvalue weighted by atomic mass is 9.54. The second-order valence-electron chi connectivity index (χ2n) is 11.2. The van der Waals surface area contributed by atoms with Gasteiger partial charge in [-0.15, -0.1) is 0 Å². The Morgan fingerprint density at radius 3 is 1.50 bits per heavy atom. The summed E-state index contributed by atoms with van der Waals surface area (Å²) in [5.41, 5.74) is 5.94. The predicted octanol–water partition coefficient (Wildman–Crippen LogP) is 4.77. The highest BCUT2D eigenvalue weighted by molar-refractivity contribution is 6.02. The molecule has 1 aliphatic carbocycles. The monoisotopic (exact) mass is 556 g/mol. The number of aromatic amines is 2. The van der Waals surface area contributed by atoms with Crippen LogP contribution in [-0.2, 0) is 0 Å². The Hall–Kier alpha value is -5.12. The van der Waals surface area contributed by atoms with Crippen LogP contribution in [0, 0.1) is 0 Å². The zero-order valence-corrected chi connectivity index (χ0v) is 22.7. The van der Waals surface area contributed by atoms with Crippen LogP contribution in [0.4, 0.5) is 0 Å². The van der Waals surface area contributed by atoms with Crippen molar-refractivity contribution < 1.29 is 8.83 Å². The van der Waals surface area contributed by atoms with Gasteiger partial charge in [0.05, 0.1) is 47.7 Å². The number of hydrogen-bond donors (Lipinski definition) is 4. The van der Waals surface area contributed by atoms with E-state index in [9.17, 15) is 0 Å². The minimum atomic E-state index is -0.00841. The van der Waals surface area contributed by atoms with E-state index in [0.29, 0.717) is 0 Å². The fourth-order valence-electron chi connectivity index (χ4n) is 6.95. The Labute approximate surface area is 240 Å². The minimum Gasteiger partial charge on any atom is -0.469 e. The zero-order chi connectivity index (χ0) is 27.6. The summed E-state index contributed by atoms with van der Waals surface area (Å²) in [4.78, 5) is 26.7. The number of imidazole rings is 2. The van der Waals surface area contributed by atoms with E-state index < -0.39 is 0 Å². The van der Waals surface area contributed by atoms with Crippen LogP contribution in [0.2, 0.25) is 0 Å². The molecular weight excluding hydrogens is 528 g/mol. The fourth-order valence-corrected chi connectivity index (χ4v) is 6.95. The third kappa shape index (κ3) is 3.64. The highest BCUT2D eigenvalue weighted by Gasteiger charge is 2.58. The van der Waals surface area contributed by atoms with Crippen molar-refractivity contribution in [2.24, 2.45) is 9.98 Å². The topological polar surface area (TPSA) is 132 Å². The molecule has 0 atom stereocenters. The largest absolute Gasteiger partial charge is 0.469 e. The minimum absolute atomic E-state index is 0.00286. The van der Waals surface area contributed by atoms with E-state index in [-0.39, 0.29) is 23.7 Å². The van der Waals surface area contributed by atoms with Gasteiger partial charge in [-0.3, -0.25) is 9.98 Å². The molecule has 6 aromatic rings. The van der Waals surface area contributed by atoms with Gasteiger partial charge in [0.15, 0.2) is 0 Å². The molecule has 3 aliphatic rings. The molecule has 1 saturated carbocycles. The third-order valence-electron chi connectivity index (χ3n) is 8.82. The number of furan rings is 2. The van der Waals surface area contributed by atoms with Gasteiger partial charge in [-0.25, -0.2) is 9.97 Å². The summed E-state index contributed by atoms with van der Waals surface area (Å²) in [6.07, 6.45) is 3.48. The molecular formula is C32H28N8O2. The average Bonchev–Trinajstić information content (AvgIpc) is 3.82. The van der Waals surface area contributed by atoms with Crippen molar-refractivity contribution in [3.63, 3.8) is 0 Å². The van der Waals surface area contributed by atoms with Crippen molar-refractivity contribution in [2.75, 3.05) is 26.2 Å². The number of nitrogens with one attached hydrogen (secondary N) is 4. The summed E-state index contributed by atoms with van der Waals surface area (Å²) < 4.78 is 12.1. The summed E-state index contributed by atoms with van der Waals surface area (Å²) in [5.74, 6) is 5.47. The van der Waals surface area contributed by atoms with Crippen molar-refractivity contribution in [1.82, 2.24) is 30.6 Å². The SMILES string of the molecule is c1coc(C2C(c3nc4ccc(C5=NCCN5)cc4[nH]3)C(c3ccco3)C2c2nc3ccc(C4=NCCN4)cc3[nH]2)c1. The van der Waals surface area contributed by atoms with E-state index in [2.05, 4.69) is 79.1 Å². The van der Waals surface area contributed by atoms with E-state index >= 15 is 0 Å². The first-order chi connectivity index (χ1) is 20.8. The third-order valence-corrected chi connectivity index (χ3v) is 8.82. The van der Waals surface area contributed by atoms with Crippen LogP contribution in [-0.4, -0.2) is 57.8 Å². The van der Waals surface area contributed by atoms with Crippen molar-refractivity contribution >= 4 is 33.7 Å². The van der Waals surface area contributed by atoms with Crippen LogP contribution in [0.15, 0.2) is 92.0 Å². The highest BCUT2D eigenvalue weighted by Crippen LogP contribution is 2.65. The van der Waals surface area contributed by atoms with Crippen LogP contribution in [0.1, 0.15) is 58.0 Å². The zero-order valence-electron chi connectivity index (χ0n) is 22.7. The summed E-state index contributed by atoms with van der Waals surface area (Å²) in [6.45, 7) is 3.34. The molecule has 10 heteroatoms. The quantitative estimate of drug-likeness (QED) is 0.234. The van der Waals surface area contributed by atoms with Gasteiger partial charge >= 0.3 is 0 Å². The van der Waals surface area contributed by atoms with Crippen LogP contribution in [0.3, 0.4) is 0 Å². The second kappa shape index (κ2) is 9.20. The number of hydrogen-bond acceptors (Lipinski definition) is 8. The van der Waals surface area contributed by atoms with Crippen molar-refractivity contribution in [1.29, 1.82) is 0 Å². The first kappa shape index (κ1) is 23.6. The van der Waals surface area contributed by atoms with Gasteiger partial charge in [-0.1, -0.05) is 0 Å². The highest BCUT2D eigenvalue weighted by atomic mass is 16.3. The molecule has 4 N–H and O–H groups in total. The van der Waals surface area contributed by atoms with E-state index in [1.165, 1.54) is 0 Å². The molecule has 4 aromatic heterocycles. The number of rotatable bonds is 6. The maximum Gasteiger partial charge on any atom is 0.128 e. The first-order valence-electron chi connectivity index (χ1n) is 14.4. The number of benzene rings is 2. The first-order valence-corrected chi connectivity index (χ1v) is 14.4. The Kier molecular flexibility index (Phi) is 5.16. The summed E-state index contributed by atoms with van der Waals surface area (Å²) in [6, 6.07) is 20.5. The lowest BCUT2D eigenvalue weighted by Crippen LogP contribution is -2.40. The van der Waals surface area contributed by atoms with Gasteiger partial charge in [0.1, 0.15) is 34.8 Å². The number of nitrogens with zero attached hydrogens (tertiary/aromatic N) is 4. The average molecular weight is 557 g/mol. The lowest BCUT2D eigenvalue weighted by molar-refractivity contribution is 0.166. The predicted molar refractivity (Wildman–Crippen MR) is 159 cm³/mol. The number of aromatic nitrogens is 4. The summed E-state index contributed by atoms with van der Waals surface area (Å²) >= 11 is 0. The van der Waals surface area contributed by atoms with Crippen LogP contribution in [0.5, 0.6) is 0 Å². The van der Waals surface area contributed by atoms with Gasteiger partial charge in [0, 0.05) is 47.9 Å². The van der Waals surface area contributed by atoms with Crippen molar-refractivity contribution in [3.05, 3.63) is 107 Å². The van der Waals surface area contributed by atoms with Gasteiger partial charge in [0.25, 0.3) is 0 Å². The Morgan fingerprint density at radius 2 is 1.10 bits per heavy atom. The Balaban J connectivity index is 1.15.